The Balaban J connectivity index is 1.56. The third-order valence-corrected chi connectivity index (χ3v) is 5.05. The van der Waals surface area contributed by atoms with Crippen LogP contribution in [0.25, 0.3) is 11.0 Å². The quantitative estimate of drug-likeness (QED) is 0.762. The summed E-state index contributed by atoms with van der Waals surface area (Å²) in [4.78, 5) is 22.7. The summed E-state index contributed by atoms with van der Waals surface area (Å²) in [5.74, 6) is 0.864. The molecule has 4 heterocycles. The van der Waals surface area contributed by atoms with E-state index in [1.165, 1.54) is 18.1 Å². The summed E-state index contributed by atoms with van der Waals surface area (Å²) < 4.78 is 4.96. The molecule has 0 atom stereocenters. The van der Waals surface area contributed by atoms with Gasteiger partial charge < -0.3 is 19.6 Å². The van der Waals surface area contributed by atoms with Crippen LogP contribution in [0.2, 0.25) is 0 Å². The molecular formula is C19H22N4O2. The number of piperidine rings is 1. The predicted octanol–water partition coefficient (Wildman–Crippen LogP) is 3.61. The zero-order valence-corrected chi connectivity index (χ0v) is 14.3. The lowest BCUT2D eigenvalue weighted by Crippen LogP contribution is -2.32. The Morgan fingerprint density at radius 2 is 2.20 bits per heavy atom. The number of hydrogen-bond donors (Lipinski definition) is 2. The lowest BCUT2D eigenvalue weighted by molar-refractivity contribution is 0.102. The number of furan rings is 1. The van der Waals surface area contributed by atoms with Crippen molar-refractivity contribution >= 4 is 22.8 Å². The van der Waals surface area contributed by atoms with E-state index in [9.17, 15) is 4.79 Å². The van der Waals surface area contributed by atoms with Crippen molar-refractivity contribution in [2.75, 3.05) is 25.0 Å². The molecule has 0 unspecified atom stereocenters. The van der Waals surface area contributed by atoms with Gasteiger partial charge in [0, 0.05) is 6.20 Å². The minimum atomic E-state index is -0.214. The van der Waals surface area contributed by atoms with Gasteiger partial charge in [0.15, 0.2) is 0 Å². The first-order valence-electron chi connectivity index (χ1n) is 8.78. The number of nitrogens with zero attached hydrogens (tertiary/aromatic N) is 2. The SMILES string of the molecule is CCN1CCC(c2c[nH]c3ccc(NC(=O)c4ccoc4)nc23)CC1. The number of aromatic nitrogens is 2. The van der Waals surface area contributed by atoms with E-state index in [1.807, 2.05) is 12.1 Å². The smallest absolute Gasteiger partial charge is 0.260 e. The topological polar surface area (TPSA) is 74.2 Å². The van der Waals surface area contributed by atoms with Crippen molar-refractivity contribution in [2.24, 2.45) is 0 Å². The van der Waals surface area contributed by atoms with Gasteiger partial charge in [0.25, 0.3) is 5.91 Å². The van der Waals surface area contributed by atoms with E-state index < -0.39 is 0 Å². The highest BCUT2D eigenvalue weighted by Crippen LogP contribution is 2.32. The highest BCUT2D eigenvalue weighted by Gasteiger charge is 2.23. The van der Waals surface area contributed by atoms with Gasteiger partial charge >= 0.3 is 0 Å². The van der Waals surface area contributed by atoms with Crippen LogP contribution in [-0.4, -0.2) is 40.4 Å². The molecule has 3 aromatic rings. The van der Waals surface area contributed by atoms with Gasteiger partial charge in [-0.3, -0.25) is 4.79 Å². The second-order valence-corrected chi connectivity index (χ2v) is 6.51. The van der Waals surface area contributed by atoms with Crippen LogP contribution in [0.5, 0.6) is 0 Å². The Hall–Kier alpha value is -2.60. The summed E-state index contributed by atoms with van der Waals surface area (Å²) in [5, 5.41) is 2.84. The molecule has 1 saturated heterocycles. The Bertz CT molecular complexity index is 861. The fourth-order valence-corrected chi connectivity index (χ4v) is 3.54. The molecule has 0 radical (unpaired) electrons. The zero-order chi connectivity index (χ0) is 17.2. The van der Waals surface area contributed by atoms with Gasteiger partial charge in [0.1, 0.15) is 12.1 Å². The number of nitrogens with one attached hydrogen (secondary N) is 2. The number of rotatable bonds is 4. The van der Waals surface area contributed by atoms with E-state index in [4.69, 9.17) is 9.40 Å². The minimum Gasteiger partial charge on any atom is -0.472 e. The third kappa shape index (κ3) is 3.17. The molecule has 3 aromatic heterocycles. The Kier molecular flexibility index (Phi) is 4.28. The van der Waals surface area contributed by atoms with Crippen molar-refractivity contribution < 1.29 is 9.21 Å². The van der Waals surface area contributed by atoms with E-state index in [0.717, 1.165) is 43.5 Å². The molecule has 2 N–H and O–H groups in total. The van der Waals surface area contributed by atoms with Gasteiger partial charge in [-0.15, -0.1) is 0 Å². The molecular weight excluding hydrogens is 316 g/mol. The molecule has 25 heavy (non-hydrogen) atoms. The van der Waals surface area contributed by atoms with Gasteiger partial charge in [-0.05, 0) is 62.2 Å². The van der Waals surface area contributed by atoms with E-state index >= 15 is 0 Å². The number of carbonyl (C=O) groups is 1. The molecule has 1 amide bonds. The molecule has 0 bridgehead atoms. The van der Waals surface area contributed by atoms with Crippen molar-refractivity contribution in [3.8, 4) is 0 Å². The molecule has 6 heteroatoms. The average molecular weight is 338 g/mol. The normalized spacial score (nSPS) is 16.4. The molecule has 6 nitrogen and oxygen atoms in total. The van der Waals surface area contributed by atoms with Crippen LogP contribution in [0.15, 0.2) is 41.3 Å². The molecule has 4 rings (SSSR count). The average Bonchev–Trinajstić information content (AvgIpc) is 3.31. The predicted molar refractivity (Wildman–Crippen MR) is 96.8 cm³/mol. The highest BCUT2D eigenvalue weighted by atomic mass is 16.3. The van der Waals surface area contributed by atoms with Crippen molar-refractivity contribution in [3.63, 3.8) is 0 Å². The first-order chi connectivity index (χ1) is 12.2. The summed E-state index contributed by atoms with van der Waals surface area (Å²) >= 11 is 0. The minimum absolute atomic E-state index is 0.214. The number of pyridine rings is 1. The molecule has 1 aliphatic rings. The van der Waals surface area contributed by atoms with E-state index in [-0.39, 0.29) is 5.91 Å². The summed E-state index contributed by atoms with van der Waals surface area (Å²) in [6, 6.07) is 5.43. The van der Waals surface area contributed by atoms with Gasteiger partial charge in [0.05, 0.1) is 22.9 Å². The number of aromatic amines is 1. The van der Waals surface area contributed by atoms with Gasteiger partial charge in [-0.1, -0.05) is 6.92 Å². The Morgan fingerprint density at radius 1 is 1.36 bits per heavy atom. The Morgan fingerprint density at radius 3 is 2.92 bits per heavy atom. The van der Waals surface area contributed by atoms with Crippen LogP contribution in [-0.2, 0) is 0 Å². The van der Waals surface area contributed by atoms with Gasteiger partial charge in [-0.25, -0.2) is 4.98 Å². The van der Waals surface area contributed by atoms with Crippen molar-refractivity contribution in [2.45, 2.75) is 25.7 Å². The van der Waals surface area contributed by atoms with Crippen LogP contribution >= 0.6 is 0 Å². The zero-order valence-electron chi connectivity index (χ0n) is 14.3. The Labute approximate surface area is 146 Å². The maximum atomic E-state index is 12.2. The third-order valence-electron chi connectivity index (χ3n) is 5.05. The summed E-state index contributed by atoms with van der Waals surface area (Å²) in [6.07, 6.45) is 7.28. The number of amides is 1. The van der Waals surface area contributed by atoms with E-state index in [2.05, 4.69) is 28.3 Å². The fourth-order valence-electron chi connectivity index (χ4n) is 3.54. The van der Waals surface area contributed by atoms with Crippen molar-refractivity contribution in [1.82, 2.24) is 14.9 Å². The second-order valence-electron chi connectivity index (χ2n) is 6.51. The van der Waals surface area contributed by atoms with Crippen LogP contribution in [0.4, 0.5) is 5.82 Å². The summed E-state index contributed by atoms with van der Waals surface area (Å²) in [7, 11) is 0. The fraction of sp³-hybridized carbons (Fsp3) is 0.368. The first kappa shape index (κ1) is 15.9. The monoisotopic (exact) mass is 338 g/mol. The molecule has 130 valence electrons. The van der Waals surface area contributed by atoms with Crippen LogP contribution in [0, 0.1) is 0 Å². The molecule has 0 aromatic carbocycles. The van der Waals surface area contributed by atoms with Crippen LogP contribution in [0.3, 0.4) is 0 Å². The number of H-pyrrole nitrogens is 1. The maximum Gasteiger partial charge on any atom is 0.260 e. The second kappa shape index (κ2) is 6.72. The molecule has 0 saturated carbocycles. The first-order valence-corrected chi connectivity index (χ1v) is 8.78. The van der Waals surface area contributed by atoms with Gasteiger partial charge in [0.2, 0.25) is 0 Å². The lowest BCUT2D eigenvalue weighted by Gasteiger charge is -2.30. The number of anilines is 1. The van der Waals surface area contributed by atoms with Crippen LogP contribution < -0.4 is 5.32 Å². The highest BCUT2D eigenvalue weighted by molar-refractivity contribution is 6.03. The molecule has 1 aliphatic heterocycles. The standard InChI is InChI=1S/C19H22N4O2/c1-2-23-8-5-13(6-9-23)15-11-20-16-3-4-17(21-18(15)16)22-19(24)14-7-10-25-12-14/h3-4,7,10-13,20H,2,5-6,8-9H2,1H3,(H,21,22,24). The van der Waals surface area contributed by atoms with E-state index in [1.54, 1.807) is 6.07 Å². The number of hydrogen-bond acceptors (Lipinski definition) is 4. The number of likely N-dealkylation sites (tertiary alicyclic amines) is 1. The van der Waals surface area contributed by atoms with Gasteiger partial charge in [-0.2, -0.15) is 0 Å². The maximum absolute atomic E-state index is 12.2. The summed E-state index contributed by atoms with van der Waals surface area (Å²) in [5.41, 5.74) is 3.71. The molecule has 0 aliphatic carbocycles. The van der Waals surface area contributed by atoms with Crippen molar-refractivity contribution in [1.29, 1.82) is 0 Å². The van der Waals surface area contributed by atoms with Crippen molar-refractivity contribution in [3.05, 3.63) is 48.0 Å². The largest absolute Gasteiger partial charge is 0.472 e. The lowest BCUT2D eigenvalue weighted by atomic mass is 9.90. The molecule has 0 spiro atoms. The molecule has 1 fully saturated rings. The number of carbonyl (C=O) groups excluding carboxylic acids is 1. The van der Waals surface area contributed by atoms with Crippen LogP contribution in [0.1, 0.15) is 41.6 Å². The van der Waals surface area contributed by atoms with E-state index in [0.29, 0.717) is 17.3 Å². The number of fused-ring (bicyclic) bond motifs is 1. The summed E-state index contributed by atoms with van der Waals surface area (Å²) in [6.45, 7) is 5.58.